The lowest BCUT2D eigenvalue weighted by Gasteiger charge is -2.14. The molecular formula is C21H16ClN3O5S. The average Bonchev–Trinajstić information content (AvgIpc) is 3.20. The van der Waals surface area contributed by atoms with Crippen LogP contribution in [0.1, 0.15) is 0 Å². The maximum atomic E-state index is 13.1. The van der Waals surface area contributed by atoms with Gasteiger partial charge in [-0.3, -0.25) is 19.5 Å². The van der Waals surface area contributed by atoms with Crippen LogP contribution in [0.25, 0.3) is 21.3 Å². The lowest BCUT2D eigenvalue weighted by Crippen LogP contribution is -2.30. The van der Waals surface area contributed by atoms with Crippen LogP contribution in [0.15, 0.2) is 65.0 Å². The van der Waals surface area contributed by atoms with Gasteiger partial charge in [-0.15, -0.1) is 11.3 Å². The molecule has 2 heterocycles. The third-order valence-electron chi connectivity index (χ3n) is 4.59. The summed E-state index contributed by atoms with van der Waals surface area (Å²) in [6.45, 7) is -0.175. The Hall–Kier alpha value is -3.27. The summed E-state index contributed by atoms with van der Waals surface area (Å²) in [4.78, 5) is 28.3. The summed E-state index contributed by atoms with van der Waals surface area (Å²) in [6.07, 6.45) is 0.373. The van der Waals surface area contributed by atoms with E-state index in [2.05, 4.69) is 4.98 Å². The van der Waals surface area contributed by atoms with Crippen LogP contribution in [0.4, 0.5) is 5.69 Å². The van der Waals surface area contributed by atoms with Crippen LogP contribution in [0.3, 0.4) is 0 Å². The van der Waals surface area contributed by atoms with Gasteiger partial charge in [0.05, 0.1) is 29.2 Å². The smallest absolute Gasteiger partial charge is 0.273 e. The Balaban J connectivity index is 1.53. The Labute approximate surface area is 185 Å². The first-order chi connectivity index (χ1) is 14.9. The Kier molecular flexibility index (Phi) is 5.99. The number of benzene rings is 2. The summed E-state index contributed by atoms with van der Waals surface area (Å²) in [5.74, 6) is 0.261. The number of nitrogens with zero attached hydrogens (tertiary/aromatic N) is 3. The van der Waals surface area contributed by atoms with E-state index in [-0.39, 0.29) is 30.1 Å². The standard InChI is InChI=1S/C21H16ClN3O5S/c22-14-6-4-13(5-7-14)18-11-31-20-19(18)21(27)24(12-23-20)9-16(26)10-30-17-3-1-2-15(8-17)25(28)29/h1-8,11-12,16,26H,9-10H2. The third kappa shape index (κ3) is 4.58. The topological polar surface area (TPSA) is 107 Å². The number of fused-ring (bicyclic) bond motifs is 1. The highest BCUT2D eigenvalue weighted by atomic mass is 35.5. The number of hydrogen-bond acceptors (Lipinski definition) is 7. The normalized spacial score (nSPS) is 12.1. The molecule has 31 heavy (non-hydrogen) atoms. The fourth-order valence-corrected chi connectivity index (χ4v) is 4.13. The highest BCUT2D eigenvalue weighted by Gasteiger charge is 2.16. The van der Waals surface area contributed by atoms with E-state index in [1.165, 1.54) is 40.4 Å². The molecule has 1 N–H and O–H groups in total. The third-order valence-corrected chi connectivity index (χ3v) is 5.73. The predicted octanol–water partition coefficient (Wildman–Crippen LogP) is 4.13. The number of non-ortho nitro benzene ring substituents is 1. The van der Waals surface area contributed by atoms with Crippen molar-refractivity contribution in [1.82, 2.24) is 9.55 Å². The van der Waals surface area contributed by atoms with Crippen molar-refractivity contribution < 1.29 is 14.8 Å². The van der Waals surface area contributed by atoms with E-state index in [0.29, 0.717) is 15.2 Å². The van der Waals surface area contributed by atoms with Gasteiger partial charge in [0, 0.05) is 22.0 Å². The number of thiophene rings is 1. The number of halogens is 1. The summed E-state index contributed by atoms with van der Waals surface area (Å²) >= 11 is 7.32. The fraction of sp³-hybridized carbons (Fsp3) is 0.143. The van der Waals surface area contributed by atoms with Gasteiger partial charge in [0.25, 0.3) is 11.2 Å². The van der Waals surface area contributed by atoms with Crippen LogP contribution >= 0.6 is 22.9 Å². The molecule has 0 aliphatic rings. The van der Waals surface area contributed by atoms with Gasteiger partial charge in [-0.1, -0.05) is 29.8 Å². The van der Waals surface area contributed by atoms with Gasteiger partial charge in [-0.2, -0.15) is 0 Å². The van der Waals surface area contributed by atoms with E-state index in [1.807, 2.05) is 17.5 Å². The van der Waals surface area contributed by atoms with E-state index in [4.69, 9.17) is 16.3 Å². The van der Waals surface area contributed by atoms with Gasteiger partial charge in [0.2, 0.25) is 0 Å². The molecule has 0 aliphatic carbocycles. The second-order valence-electron chi connectivity index (χ2n) is 6.76. The van der Waals surface area contributed by atoms with Gasteiger partial charge in [-0.25, -0.2) is 4.98 Å². The molecule has 2 aromatic heterocycles. The maximum Gasteiger partial charge on any atom is 0.273 e. The zero-order valence-electron chi connectivity index (χ0n) is 16.0. The fourth-order valence-electron chi connectivity index (χ4n) is 3.10. The Morgan fingerprint density at radius 3 is 2.77 bits per heavy atom. The van der Waals surface area contributed by atoms with Crippen LogP contribution in [0.5, 0.6) is 5.75 Å². The first kappa shape index (κ1) is 21.0. The molecule has 0 spiro atoms. The summed E-state index contributed by atoms with van der Waals surface area (Å²) in [5, 5.41) is 24.1. The van der Waals surface area contributed by atoms with Crippen molar-refractivity contribution in [2.45, 2.75) is 12.6 Å². The first-order valence-corrected chi connectivity index (χ1v) is 10.5. The SMILES string of the molecule is O=c1c2c(-c3ccc(Cl)cc3)csc2ncn1CC(O)COc1cccc([N+](=O)[O-])c1. The lowest BCUT2D eigenvalue weighted by atomic mass is 10.1. The summed E-state index contributed by atoms with van der Waals surface area (Å²) in [5.41, 5.74) is 1.23. The van der Waals surface area contributed by atoms with E-state index in [0.717, 1.165) is 11.1 Å². The molecule has 0 fully saturated rings. The van der Waals surface area contributed by atoms with E-state index in [1.54, 1.807) is 18.2 Å². The number of hydrogen-bond donors (Lipinski definition) is 1. The molecule has 1 unspecified atom stereocenters. The molecule has 0 amide bonds. The average molecular weight is 458 g/mol. The lowest BCUT2D eigenvalue weighted by molar-refractivity contribution is -0.384. The minimum atomic E-state index is -1.02. The van der Waals surface area contributed by atoms with Crippen LogP contribution in [0.2, 0.25) is 5.02 Å². The molecule has 158 valence electrons. The van der Waals surface area contributed by atoms with E-state index >= 15 is 0 Å². The molecule has 2 aromatic carbocycles. The van der Waals surface area contributed by atoms with Crippen LogP contribution in [0, 0.1) is 10.1 Å². The summed E-state index contributed by atoms with van der Waals surface area (Å²) < 4.78 is 6.78. The molecule has 4 rings (SSSR count). The van der Waals surface area contributed by atoms with Gasteiger partial charge in [0.15, 0.2) is 0 Å². The van der Waals surface area contributed by atoms with Crippen LogP contribution in [-0.4, -0.2) is 32.3 Å². The Morgan fingerprint density at radius 1 is 1.26 bits per heavy atom. The molecule has 8 nitrogen and oxygen atoms in total. The number of ether oxygens (including phenoxy) is 1. The van der Waals surface area contributed by atoms with Crippen molar-refractivity contribution in [3.63, 3.8) is 0 Å². The number of aromatic nitrogens is 2. The summed E-state index contributed by atoms with van der Waals surface area (Å²) in [6, 6.07) is 12.9. The molecule has 4 aromatic rings. The number of aliphatic hydroxyl groups excluding tert-OH is 1. The van der Waals surface area contributed by atoms with Crippen molar-refractivity contribution in [2.75, 3.05) is 6.61 Å². The van der Waals surface area contributed by atoms with Crippen molar-refractivity contribution in [1.29, 1.82) is 0 Å². The molecule has 0 aliphatic heterocycles. The molecular weight excluding hydrogens is 442 g/mol. The molecule has 0 saturated heterocycles. The second-order valence-corrected chi connectivity index (χ2v) is 8.05. The van der Waals surface area contributed by atoms with Gasteiger partial charge in [-0.05, 0) is 23.8 Å². The molecule has 1 atom stereocenters. The van der Waals surface area contributed by atoms with E-state index < -0.39 is 11.0 Å². The first-order valence-electron chi connectivity index (χ1n) is 9.20. The highest BCUT2D eigenvalue weighted by molar-refractivity contribution is 7.17. The number of nitro benzene ring substituents is 1. The number of rotatable bonds is 7. The van der Waals surface area contributed by atoms with Gasteiger partial charge < -0.3 is 9.84 Å². The minimum Gasteiger partial charge on any atom is -0.491 e. The van der Waals surface area contributed by atoms with Crippen molar-refractivity contribution in [3.8, 4) is 16.9 Å². The number of nitro groups is 1. The zero-order chi connectivity index (χ0) is 22.0. The van der Waals surface area contributed by atoms with Crippen molar-refractivity contribution in [3.05, 3.63) is 85.7 Å². The highest BCUT2D eigenvalue weighted by Crippen LogP contribution is 2.31. The van der Waals surface area contributed by atoms with Crippen molar-refractivity contribution in [2.24, 2.45) is 0 Å². The van der Waals surface area contributed by atoms with Crippen LogP contribution < -0.4 is 10.3 Å². The minimum absolute atomic E-state index is 0.0351. The maximum absolute atomic E-state index is 13.1. The number of aliphatic hydroxyl groups is 1. The largest absolute Gasteiger partial charge is 0.491 e. The predicted molar refractivity (Wildman–Crippen MR) is 119 cm³/mol. The molecule has 0 bridgehead atoms. The van der Waals surface area contributed by atoms with Crippen LogP contribution in [-0.2, 0) is 6.54 Å². The van der Waals surface area contributed by atoms with Crippen molar-refractivity contribution >= 4 is 38.8 Å². The van der Waals surface area contributed by atoms with Gasteiger partial charge in [0.1, 0.15) is 23.3 Å². The molecule has 0 radical (unpaired) electrons. The second kappa shape index (κ2) is 8.84. The molecule has 10 heteroatoms. The molecule has 0 saturated carbocycles. The Morgan fingerprint density at radius 2 is 2.03 bits per heavy atom. The quantitative estimate of drug-likeness (QED) is 0.330. The zero-order valence-corrected chi connectivity index (χ0v) is 17.5. The van der Waals surface area contributed by atoms with E-state index in [9.17, 15) is 20.0 Å². The monoisotopic (exact) mass is 457 g/mol. The summed E-state index contributed by atoms with van der Waals surface area (Å²) in [7, 11) is 0. The Bertz CT molecular complexity index is 1300. The van der Waals surface area contributed by atoms with Gasteiger partial charge >= 0.3 is 0 Å².